The van der Waals surface area contributed by atoms with E-state index in [1.165, 1.54) is 0 Å². The van der Waals surface area contributed by atoms with E-state index in [9.17, 15) is 0 Å². The normalized spacial score (nSPS) is 17.2. The van der Waals surface area contributed by atoms with Gasteiger partial charge in [-0.2, -0.15) is 5.26 Å². The zero-order chi connectivity index (χ0) is 10.2. The van der Waals surface area contributed by atoms with Crippen LogP contribution >= 0.6 is 0 Å². The van der Waals surface area contributed by atoms with Crippen LogP contribution in [0.25, 0.3) is 0 Å². The summed E-state index contributed by atoms with van der Waals surface area (Å²) in [7, 11) is 1.66. The van der Waals surface area contributed by atoms with E-state index in [4.69, 9.17) is 10.00 Å². The van der Waals surface area contributed by atoms with Crippen LogP contribution in [-0.2, 0) is 5.41 Å². The van der Waals surface area contributed by atoms with Gasteiger partial charge in [0.1, 0.15) is 5.75 Å². The minimum Gasteiger partial charge on any atom is -0.496 e. The molecule has 0 bridgehead atoms. The van der Waals surface area contributed by atoms with Crippen molar-refractivity contribution in [2.75, 3.05) is 7.11 Å². The Balaban J connectivity index is 2.42. The van der Waals surface area contributed by atoms with Crippen LogP contribution in [0.3, 0.4) is 0 Å². The lowest BCUT2D eigenvalue weighted by molar-refractivity contribution is 0.411. The zero-order valence-corrected chi connectivity index (χ0v) is 8.50. The van der Waals surface area contributed by atoms with E-state index in [1.807, 2.05) is 25.1 Å². The third kappa shape index (κ3) is 1.26. The Labute approximate surface area is 84.1 Å². The summed E-state index contributed by atoms with van der Waals surface area (Å²) in [6.45, 7) is 2.01. The van der Waals surface area contributed by atoms with Crippen molar-refractivity contribution in [1.82, 2.24) is 0 Å². The number of nitriles is 1. The SMILES string of the molecule is COc1cc(C2(C#N)CC2)ccc1C. The summed E-state index contributed by atoms with van der Waals surface area (Å²) in [5, 5.41) is 9.05. The average Bonchev–Trinajstić information content (AvgIpc) is 2.99. The van der Waals surface area contributed by atoms with E-state index in [1.54, 1.807) is 7.11 Å². The maximum absolute atomic E-state index is 9.05. The van der Waals surface area contributed by atoms with E-state index in [0.717, 1.165) is 29.7 Å². The van der Waals surface area contributed by atoms with Gasteiger partial charge in [-0.05, 0) is 37.0 Å². The minimum atomic E-state index is -0.207. The van der Waals surface area contributed by atoms with Gasteiger partial charge in [-0.25, -0.2) is 0 Å². The smallest absolute Gasteiger partial charge is 0.122 e. The second-order valence-electron chi connectivity index (χ2n) is 3.88. The van der Waals surface area contributed by atoms with Crippen LogP contribution < -0.4 is 4.74 Å². The molecule has 1 aromatic rings. The van der Waals surface area contributed by atoms with Gasteiger partial charge in [0, 0.05) is 0 Å². The summed E-state index contributed by atoms with van der Waals surface area (Å²) in [4.78, 5) is 0. The van der Waals surface area contributed by atoms with Gasteiger partial charge in [-0.15, -0.1) is 0 Å². The summed E-state index contributed by atoms with van der Waals surface area (Å²) < 4.78 is 5.24. The minimum absolute atomic E-state index is 0.207. The molecule has 0 unspecified atom stereocenters. The molecule has 1 aromatic carbocycles. The number of hydrogen-bond acceptors (Lipinski definition) is 2. The molecule has 1 aliphatic rings. The predicted molar refractivity (Wildman–Crippen MR) is 54.3 cm³/mol. The topological polar surface area (TPSA) is 33.0 Å². The van der Waals surface area contributed by atoms with Gasteiger partial charge in [-0.3, -0.25) is 0 Å². The first-order chi connectivity index (χ1) is 6.72. The van der Waals surface area contributed by atoms with Gasteiger partial charge in [0.05, 0.1) is 18.6 Å². The van der Waals surface area contributed by atoms with Crippen LogP contribution in [0.4, 0.5) is 0 Å². The Bertz CT molecular complexity index is 399. The summed E-state index contributed by atoms with van der Waals surface area (Å²) in [5.41, 5.74) is 2.01. The molecule has 0 aliphatic heterocycles. The molecule has 0 amide bonds. The van der Waals surface area contributed by atoms with Crippen molar-refractivity contribution in [3.63, 3.8) is 0 Å². The van der Waals surface area contributed by atoms with E-state index in [2.05, 4.69) is 6.07 Å². The molecule has 1 fully saturated rings. The van der Waals surface area contributed by atoms with Gasteiger partial charge in [0.25, 0.3) is 0 Å². The van der Waals surface area contributed by atoms with Crippen molar-refractivity contribution >= 4 is 0 Å². The zero-order valence-electron chi connectivity index (χ0n) is 8.50. The predicted octanol–water partition coefficient (Wildman–Crippen LogP) is 2.56. The second-order valence-corrected chi connectivity index (χ2v) is 3.88. The van der Waals surface area contributed by atoms with Crippen molar-refractivity contribution in [2.45, 2.75) is 25.2 Å². The van der Waals surface area contributed by atoms with Crippen LogP contribution in [0.2, 0.25) is 0 Å². The third-order valence-electron chi connectivity index (χ3n) is 2.92. The van der Waals surface area contributed by atoms with Crippen LogP contribution in [0.15, 0.2) is 18.2 Å². The lowest BCUT2D eigenvalue weighted by atomic mass is 9.96. The van der Waals surface area contributed by atoms with Crippen LogP contribution in [0.1, 0.15) is 24.0 Å². The number of hydrogen-bond donors (Lipinski definition) is 0. The Morgan fingerprint density at radius 2 is 2.14 bits per heavy atom. The highest BCUT2D eigenvalue weighted by Crippen LogP contribution is 2.48. The van der Waals surface area contributed by atoms with Crippen LogP contribution in [-0.4, -0.2) is 7.11 Å². The van der Waals surface area contributed by atoms with Gasteiger partial charge in [0.2, 0.25) is 0 Å². The van der Waals surface area contributed by atoms with Gasteiger partial charge < -0.3 is 4.74 Å². The highest BCUT2D eigenvalue weighted by Gasteiger charge is 2.45. The molecule has 1 saturated carbocycles. The molecule has 2 heteroatoms. The molecule has 0 aromatic heterocycles. The van der Waals surface area contributed by atoms with Crippen molar-refractivity contribution in [3.8, 4) is 11.8 Å². The number of rotatable bonds is 2. The largest absolute Gasteiger partial charge is 0.496 e. The fourth-order valence-corrected chi connectivity index (χ4v) is 1.71. The Kier molecular flexibility index (Phi) is 1.96. The number of methoxy groups -OCH3 is 1. The number of nitrogens with zero attached hydrogens (tertiary/aromatic N) is 1. The van der Waals surface area contributed by atoms with Crippen molar-refractivity contribution in [1.29, 1.82) is 5.26 Å². The van der Waals surface area contributed by atoms with Gasteiger partial charge in [0.15, 0.2) is 0 Å². The lowest BCUT2D eigenvalue weighted by Gasteiger charge is -2.10. The molecule has 0 atom stereocenters. The standard InChI is InChI=1S/C12H13NO/c1-9-3-4-10(7-11(9)14-2)12(8-13)5-6-12/h3-4,7H,5-6H2,1-2H3. The summed E-state index contributed by atoms with van der Waals surface area (Å²) in [6.07, 6.45) is 1.96. The first kappa shape index (κ1) is 9.08. The quantitative estimate of drug-likeness (QED) is 0.712. The molecule has 1 aliphatic carbocycles. The van der Waals surface area contributed by atoms with E-state index < -0.39 is 0 Å². The molecule has 0 spiro atoms. The average molecular weight is 187 g/mol. The van der Waals surface area contributed by atoms with Crippen LogP contribution in [0, 0.1) is 18.3 Å². The van der Waals surface area contributed by atoms with Crippen LogP contribution in [0.5, 0.6) is 5.75 Å². The molecule has 72 valence electrons. The van der Waals surface area contributed by atoms with E-state index in [0.29, 0.717) is 0 Å². The molecule has 0 saturated heterocycles. The van der Waals surface area contributed by atoms with Crippen molar-refractivity contribution in [3.05, 3.63) is 29.3 Å². The third-order valence-corrected chi connectivity index (χ3v) is 2.92. The fraction of sp³-hybridized carbons (Fsp3) is 0.417. The number of benzene rings is 1. The van der Waals surface area contributed by atoms with Crippen molar-refractivity contribution < 1.29 is 4.74 Å². The molecular formula is C12H13NO. The number of aryl methyl sites for hydroxylation is 1. The van der Waals surface area contributed by atoms with Gasteiger partial charge >= 0.3 is 0 Å². The Morgan fingerprint density at radius 3 is 2.64 bits per heavy atom. The van der Waals surface area contributed by atoms with Gasteiger partial charge in [-0.1, -0.05) is 12.1 Å². The second kappa shape index (κ2) is 3.02. The summed E-state index contributed by atoms with van der Waals surface area (Å²) in [6, 6.07) is 8.43. The summed E-state index contributed by atoms with van der Waals surface area (Å²) >= 11 is 0. The first-order valence-electron chi connectivity index (χ1n) is 4.78. The Morgan fingerprint density at radius 1 is 1.43 bits per heavy atom. The highest BCUT2D eigenvalue weighted by molar-refractivity contribution is 5.45. The maximum atomic E-state index is 9.05. The molecule has 14 heavy (non-hydrogen) atoms. The summed E-state index contributed by atoms with van der Waals surface area (Å²) in [5.74, 6) is 0.879. The highest BCUT2D eigenvalue weighted by atomic mass is 16.5. The fourth-order valence-electron chi connectivity index (χ4n) is 1.71. The van der Waals surface area contributed by atoms with E-state index in [-0.39, 0.29) is 5.41 Å². The molecular weight excluding hydrogens is 174 g/mol. The molecule has 2 rings (SSSR count). The molecule has 0 N–H and O–H groups in total. The van der Waals surface area contributed by atoms with Crippen molar-refractivity contribution in [2.24, 2.45) is 0 Å². The molecule has 0 heterocycles. The molecule has 2 nitrogen and oxygen atoms in total. The first-order valence-corrected chi connectivity index (χ1v) is 4.78. The molecule has 0 radical (unpaired) electrons. The maximum Gasteiger partial charge on any atom is 0.122 e. The van der Waals surface area contributed by atoms with E-state index >= 15 is 0 Å². The Hall–Kier alpha value is -1.49. The number of ether oxygens (including phenoxy) is 1. The lowest BCUT2D eigenvalue weighted by Crippen LogP contribution is -2.03. The monoisotopic (exact) mass is 187 g/mol.